The molecule has 0 aromatic heterocycles. The van der Waals surface area contributed by atoms with Crippen LogP contribution in [-0.4, -0.2) is 31.6 Å². The molecule has 0 unspecified atom stereocenters. The summed E-state index contributed by atoms with van der Waals surface area (Å²) in [5.74, 6) is 0.830. The summed E-state index contributed by atoms with van der Waals surface area (Å²) in [5.41, 5.74) is 6.40. The van der Waals surface area contributed by atoms with E-state index in [1.54, 1.807) is 0 Å². The zero-order valence-corrected chi connectivity index (χ0v) is 8.76. The quantitative estimate of drug-likeness (QED) is 0.665. The van der Waals surface area contributed by atoms with E-state index in [4.69, 9.17) is 5.73 Å². The van der Waals surface area contributed by atoms with Crippen molar-refractivity contribution in [1.29, 1.82) is 0 Å². The second-order valence-electron chi connectivity index (χ2n) is 5.17. The number of rotatable bonds is 1. The van der Waals surface area contributed by atoms with E-state index in [9.17, 15) is 0 Å². The Morgan fingerprint density at radius 2 is 2.00 bits per heavy atom. The standard InChI is InChI=1S/C11H22N2/c1-13-7-6-11(9-13)4-2-10(8-12)3-5-11/h10H,2-9,12H2,1H3. The summed E-state index contributed by atoms with van der Waals surface area (Å²) in [6.45, 7) is 3.56. The first-order valence-corrected chi connectivity index (χ1v) is 5.63. The molecule has 0 amide bonds. The smallest absolute Gasteiger partial charge is 0.00354 e. The van der Waals surface area contributed by atoms with Crippen molar-refractivity contribution >= 4 is 0 Å². The molecule has 1 aliphatic carbocycles. The molecule has 0 aromatic rings. The van der Waals surface area contributed by atoms with Gasteiger partial charge in [-0.15, -0.1) is 0 Å². The minimum absolute atomic E-state index is 0.695. The van der Waals surface area contributed by atoms with Crippen LogP contribution in [0.5, 0.6) is 0 Å². The summed E-state index contributed by atoms with van der Waals surface area (Å²) >= 11 is 0. The van der Waals surface area contributed by atoms with Crippen molar-refractivity contribution in [3.63, 3.8) is 0 Å². The zero-order chi connectivity index (χ0) is 9.31. The van der Waals surface area contributed by atoms with E-state index in [2.05, 4.69) is 11.9 Å². The lowest BCUT2D eigenvalue weighted by atomic mass is 9.70. The Morgan fingerprint density at radius 3 is 2.46 bits per heavy atom. The van der Waals surface area contributed by atoms with Crippen LogP contribution in [0.4, 0.5) is 0 Å². The van der Waals surface area contributed by atoms with Gasteiger partial charge in [0.1, 0.15) is 0 Å². The van der Waals surface area contributed by atoms with Gasteiger partial charge in [-0.1, -0.05) is 0 Å². The largest absolute Gasteiger partial charge is 0.330 e. The van der Waals surface area contributed by atoms with Crippen LogP contribution in [0.3, 0.4) is 0 Å². The molecular formula is C11H22N2. The number of nitrogens with zero attached hydrogens (tertiary/aromatic N) is 1. The first-order chi connectivity index (χ1) is 6.24. The summed E-state index contributed by atoms with van der Waals surface area (Å²) in [5, 5.41) is 0. The van der Waals surface area contributed by atoms with E-state index in [1.807, 2.05) is 0 Å². The Morgan fingerprint density at radius 1 is 1.31 bits per heavy atom. The third-order valence-electron chi connectivity index (χ3n) is 4.13. The normalized spacial score (nSPS) is 41.5. The summed E-state index contributed by atoms with van der Waals surface area (Å²) < 4.78 is 0. The minimum atomic E-state index is 0.695. The van der Waals surface area contributed by atoms with Gasteiger partial charge >= 0.3 is 0 Å². The topological polar surface area (TPSA) is 29.3 Å². The minimum Gasteiger partial charge on any atom is -0.330 e. The van der Waals surface area contributed by atoms with Gasteiger partial charge in [0.05, 0.1) is 0 Å². The van der Waals surface area contributed by atoms with E-state index in [1.165, 1.54) is 45.2 Å². The molecule has 2 heteroatoms. The van der Waals surface area contributed by atoms with Crippen LogP contribution in [0.2, 0.25) is 0 Å². The van der Waals surface area contributed by atoms with E-state index in [0.29, 0.717) is 5.41 Å². The monoisotopic (exact) mass is 182 g/mol. The van der Waals surface area contributed by atoms with Crippen LogP contribution < -0.4 is 5.73 Å². The van der Waals surface area contributed by atoms with E-state index in [-0.39, 0.29) is 0 Å². The fourth-order valence-corrected chi connectivity index (χ4v) is 3.09. The second kappa shape index (κ2) is 3.58. The average Bonchev–Trinajstić information content (AvgIpc) is 2.49. The lowest BCUT2D eigenvalue weighted by Gasteiger charge is -2.36. The fourth-order valence-electron chi connectivity index (χ4n) is 3.09. The zero-order valence-electron chi connectivity index (χ0n) is 8.76. The third kappa shape index (κ3) is 1.89. The molecule has 0 bridgehead atoms. The van der Waals surface area contributed by atoms with Crippen LogP contribution in [0, 0.1) is 11.3 Å². The maximum atomic E-state index is 5.71. The van der Waals surface area contributed by atoms with E-state index in [0.717, 1.165) is 12.5 Å². The Hall–Kier alpha value is -0.0800. The van der Waals surface area contributed by atoms with Gasteiger partial charge in [0.15, 0.2) is 0 Å². The molecule has 13 heavy (non-hydrogen) atoms. The van der Waals surface area contributed by atoms with Crippen LogP contribution >= 0.6 is 0 Å². The maximum Gasteiger partial charge on any atom is 0.00354 e. The number of likely N-dealkylation sites (tertiary alicyclic amines) is 1. The lowest BCUT2D eigenvalue weighted by Crippen LogP contribution is -2.32. The van der Waals surface area contributed by atoms with Crippen molar-refractivity contribution in [2.24, 2.45) is 17.1 Å². The molecule has 0 radical (unpaired) electrons. The predicted molar refractivity (Wildman–Crippen MR) is 55.6 cm³/mol. The van der Waals surface area contributed by atoms with Gasteiger partial charge < -0.3 is 10.6 Å². The van der Waals surface area contributed by atoms with Crippen molar-refractivity contribution in [2.75, 3.05) is 26.7 Å². The van der Waals surface area contributed by atoms with Crippen molar-refractivity contribution in [3.05, 3.63) is 0 Å². The molecule has 2 fully saturated rings. The number of hydrogen-bond donors (Lipinski definition) is 1. The van der Waals surface area contributed by atoms with Crippen LogP contribution in [0.25, 0.3) is 0 Å². The SMILES string of the molecule is CN1CCC2(CCC(CN)CC2)C1. The van der Waals surface area contributed by atoms with Gasteiger partial charge in [0, 0.05) is 6.54 Å². The number of nitrogens with two attached hydrogens (primary N) is 1. The predicted octanol–water partition coefficient (Wildman–Crippen LogP) is 1.46. The Kier molecular flexibility index (Phi) is 2.61. The molecule has 1 heterocycles. The van der Waals surface area contributed by atoms with Gasteiger partial charge in [-0.2, -0.15) is 0 Å². The van der Waals surface area contributed by atoms with Crippen LogP contribution in [-0.2, 0) is 0 Å². The molecular weight excluding hydrogens is 160 g/mol. The van der Waals surface area contributed by atoms with Crippen LogP contribution in [0.1, 0.15) is 32.1 Å². The fraction of sp³-hybridized carbons (Fsp3) is 1.00. The Balaban J connectivity index is 1.90. The van der Waals surface area contributed by atoms with Crippen molar-refractivity contribution < 1.29 is 0 Å². The molecule has 1 spiro atoms. The van der Waals surface area contributed by atoms with Gasteiger partial charge in [-0.05, 0) is 63.6 Å². The molecule has 0 atom stereocenters. The first-order valence-electron chi connectivity index (χ1n) is 5.63. The van der Waals surface area contributed by atoms with Gasteiger partial charge in [0.2, 0.25) is 0 Å². The average molecular weight is 182 g/mol. The molecule has 1 saturated carbocycles. The molecule has 76 valence electrons. The molecule has 2 rings (SSSR count). The highest BCUT2D eigenvalue weighted by Gasteiger charge is 2.39. The van der Waals surface area contributed by atoms with Crippen molar-refractivity contribution in [2.45, 2.75) is 32.1 Å². The molecule has 1 aliphatic heterocycles. The molecule has 1 saturated heterocycles. The summed E-state index contributed by atoms with van der Waals surface area (Å²) in [7, 11) is 2.25. The summed E-state index contributed by atoms with van der Waals surface area (Å²) in [6.07, 6.45) is 7.05. The third-order valence-corrected chi connectivity index (χ3v) is 4.13. The van der Waals surface area contributed by atoms with Crippen molar-refractivity contribution in [3.8, 4) is 0 Å². The highest BCUT2D eigenvalue weighted by Crippen LogP contribution is 2.44. The van der Waals surface area contributed by atoms with Gasteiger partial charge in [0.25, 0.3) is 0 Å². The van der Waals surface area contributed by atoms with Gasteiger partial charge in [-0.25, -0.2) is 0 Å². The summed E-state index contributed by atoms with van der Waals surface area (Å²) in [4.78, 5) is 2.49. The summed E-state index contributed by atoms with van der Waals surface area (Å²) in [6, 6.07) is 0. The second-order valence-corrected chi connectivity index (χ2v) is 5.17. The van der Waals surface area contributed by atoms with Crippen molar-refractivity contribution in [1.82, 2.24) is 4.90 Å². The first kappa shape index (κ1) is 9.47. The molecule has 2 aliphatic rings. The maximum absolute atomic E-state index is 5.71. The van der Waals surface area contributed by atoms with E-state index >= 15 is 0 Å². The van der Waals surface area contributed by atoms with Crippen LogP contribution in [0.15, 0.2) is 0 Å². The highest BCUT2D eigenvalue weighted by atomic mass is 15.1. The Bertz CT molecular complexity index is 171. The van der Waals surface area contributed by atoms with Gasteiger partial charge in [-0.3, -0.25) is 0 Å². The Labute approximate surface area is 81.5 Å². The molecule has 0 aromatic carbocycles. The molecule has 2 nitrogen and oxygen atoms in total. The van der Waals surface area contributed by atoms with E-state index < -0.39 is 0 Å². The molecule has 2 N–H and O–H groups in total. The number of hydrogen-bond acceptors (Lipinski definition) is 2. The highest BCUT2D eigenvalue weighted by molar-refractivity contribution is 4.92. The lowest BCUT2D eigenvalue weighted by molar-refractivity contribution is 0.159.